The first-order chi connectivity index (χ1) is 14.1. The summed E-state index contributed by atoms with van der Waals surface area (Å²) in [5.74, 6) is 0.398. The van der Waals surface area contributed by atoms with Gasteiger partial charge < -0.3 is 10.1 Å². The van der Waals surface area contributed by atoms with Gasteiger partial charge in [-0.2, -0.15) is 0 Å². The van der Waals surface area contributed by atoms with Crippen LogP contribution in [0, 0.1) is 0 Å². The minimum atomic E-state index is -0.586. The molecule has 0 bridgehead atoms. The van der Waals surface area contributed by atoms with Crippen LogP contribution in [-0.4, -0.2) is 27.3 Å². The SMILES string of the molecule is CCCn1c(S[C@@H](C(=O)Nc2ccccc2OCC)c2ccccc2)n[nH]c1=O. The number of aromatic nitrogens is 3. The van der Waals surface area contributed by atoms with Crippen molar-refractivity contribution in [3.8, 4) is 5.75 Å². The molecule has 1 atom stereocenters. The summed E-state index contributed by atoms with van der Waals surface area (Å²) in [5.41, 5.74) is 1.15. The van der Waals surface area contributed by atoms with Crippen LogP contribution >= 0.6 is 11.8 Å². The average molecular weight is 413 g/mol. The number of nitrogens with zero attached hydrogens (tertiary/aromatic N) is 2. The van der Waals surface area contributed by atoms with Gasteiger partial charge in [0.25, 0.3) is 0 Å². The van der Waals surface area contributed by atoms with Crippen LogP contribution in [0.5, 0.6) is 5.75 Å². The molecule has 2 N–H and O–H groups in total. The molecule has 1 heterocycles. The highest BCUT2D eigenvalue weighted by Gasteiger charge is 2.26. The molecular weight excluding hydrogens is 388 g/mol. The van der Waals surface area contributed by atoms with Crippen molar-refractivity contribution in [2.75, 3.05) is 11.9 Å². The van der Waals surface area contributed by atoms with Crippen molar-refractivity contribution in [2.24, 2.45) is 0 Å². The number of hydrogen-bond acceptors (Lipinski definition) is 5. The van der Waals surface area contributed by atoms with Crippen LogP contribution in [0.2, 0.25) is 0 Å². The summed E-state index contributed by atoms with van der Waals surface area (Å²) in [6.45, 7) is 4.92. The van der Waals surface area contributed by atoms with E-state index < -0.39 is 5.25 Å². The predicted molar refractivity (Wildman–Crippen MR) is 114 cm³/mol. The molecule has 8 heteroatoms. The van der Waals surface area contributed by atoms with Crippen molar-refractivity contribution in [1.82, 2.24) is 14.8 Å². The number of ether oxygens (including phenoxy) is 1. The van der Waals surface area contributed by atoms with Gasteiger partial charge >= 0.3 is 5.69 Å². The molecule has 0 fully saturated rings. The van der Waals surface area contributed by atoms with Crippen LogP contribution < -0.4 is 15.7 Å². The van der Waals surface area contributed by atoms with E-state index in [9.17, 15) is 9.59 Å². The Morgan fingerprint density at radius 2 is 1.90 bits per heavy atom. The van der Waals surface area contributed by atoms with Crippen LogP contribution in [0.4, 0.5) is 5.69 Å². The van der Waals surface area contributed by atoms with Gasteiger partial charge in [-0.1, -0.05) is 61.2 Å². The Hall–Kier alpha value is -3.00. The lowest BCUT2D eigenvalue weighted by atomic mass is 10.1. The molecule has 3 aromatic rings. The zero-order valence-electron chi connectivity index (χ0n) is 16.4. The van der Waals surface area contributed by atoms with Crippen molar-refractivity contribution in [3.05, 3.63) is 70.6 Å². The van der Waals surface area contributed by atoms with Gasteiger partial charge in [-0.15, -0.1) is 5.10 Å². The number of amides is 1. The van der Waals surface area contributed by atoms with Gasteiger partial charge in [0.1, 0.15) is 11.0 Å². The number of aromatic amines is 1. The number of nitrogens with one attached hydrogen (secondary N) is 2. The molecule has 0 saturated carbocycles. The predicted octanol–water partition coefficient (Wildman–Crippen LogP) is 3.85. The minimum absolute atomic E-state index is 0.216. The van der Waals surface area contributed by atoms with Gasteiger partial charge in [0.2, 0.25) is 5.91 Å². The highest BCUT2D eigenvalue weighted by Crippen LogP contribution is 2.36. The number of rotatable bonds is 9. The number of thioether (sulfide) groups is 1. The summed E-state index contributed by atoms with van der Waals surface area (Å²) in [7, 11) is 0. The molecule has 0 aliphatic heterocycles. The van der Waals surface area contributed by atoms with E-state index in [-0.39, 0.29) is 11.6 Å². The number of para-hydroxylation sites is 2. The monoisotopic (exact) mass is 412 g/mol. The maximum absolute atomic E-state index is 13.2. The van der Waals surface area contributed by atoms with Crippen LogP contribution in [0.1, 0.15) is 31.1 Å². The molecule has 0 spiro atoms. The summed E-state index contributed by atoms with van der Waals surface area (Å²) in [6, 6.07) is 16.8. The maximum atomic E-state index is 13.2. The fourth-order valence-electron chi connectivity index (χ4n) is 2.87. The first-order valence-electron chi connectivity index (χ1n) is 9.53. The van der Waals surface area contributed by atoms with E-state index in [1.54, 1.807) is 10.6 Å². The smallest absolute Gasteiger partial charge is 0.343 e. The topological polar surface area (TPSA) is 89.0 Å². The van der Waals surface area contributed by atoms with Gasteiger partial charge in [0, 0.05) is 6.54 Å². The highest BCUT2D eigenvalue weighted by molar-refractivity contribution is 8.00. The van der Waals surface area contributed by atoms with Crippen molar-refractivity contribution in [1.29, 1.82) is 0 Å². The number of H-pyrrole nitrogens is 1. The van der Waals surface area contributed by atoms with Gasteiger partial charge in [-0.25, -0.2) is 9.89 Å². The second kappa shape index (κ2) is 9.97. The van der Waals surface area contributed by atoms with E-state index >= 15 is 0 Å². The Bertz CT molecular complexity index is 1000. The molecule has 7 nitrogen and oxygen atoms in total. The van der Waals surface area contributed by atoms with E-state index in [0.717, 1.165) is 12.0 Å². The molecule has 1 aromatic heterocycles. The number of anilines is 1. The average Bonchev–Trinajstić information content (AvgIpc) is 3.08. The van der Waals surface area contributed by atoms with E-state index in [1.165, 1.54) is 11.8 Å². The van der Waals surface area contributed by atoms with Crippen molar-refractivity contribution in [2.45, 2.75) is 37.2 Å². The lowest BCUT2D eigenvalue weighted by Gasteiger charge is -2.18. The van der Waals surface area contributed by atoms with E-state index in [0.29, 0.717) is 29.7 Å². The van der Waals surface area contributed by atoms with E-state index in [1.807, 2.05) is 62.4 Å². The summed E-state index contributed by atoms with van der Waals surface area (Å²) < 4.78 is 7.17. The summed E-state index contributed by atoms with van der Waals surface area (Å²) >= 11 is 1.24. The molecule has 0 unspecified atom stereocenters. The zero-order chi connectivity index (χ0) is 20.6. The molecular formula is C21H24N4O3S. The standard InChI is InChI=1S/C21H24N4O3S/c1-3-14-25-20(27)23-24-21(25)29-18(15-10-6-5-7-11-15)19(26)22-16-12-8-9-13-17(16)28-4-2/h5-13,18H,3-4,14H2,1-2H3,(H,22,26)(H,23,27)/t18-/m1/s1. The molecule has 0 aliphatic carbocycles. The Morgan fingerprint density at radius 1 is 1.17 bits per heavy atom. The summed E-state index contributed by atoms with van der Waals surface area (Å²) in [5, 5.41) is 9.46. The highest BCUT2D eigenvalue weighted by atomic mass is 32.2. The number of carbonyl (C=O) groups is 1. The number of benzene rings is 2. The molecule has 29 heavy (non-hydrogen) atoms. The van der Waals surface area contributed by atoms with Gasteiger partial charge in [0.05, 0.1) is 12.3 Å². The molecule has 152 valence electrons. The Morgan fingerprint density at radius 3 is 2.62 bits per heavy atom. The third-order valence-electron chi connectivity index (χ3n) is 4.18. The van der Waals surface area contributed by atoms with Crippen LogP contribution in [0.25, 0.3) is 0 Å². The second-order valence-corrected chi connectivity index (χ2v) is 7.36. The number of carbonyl (C=O) groups excluding carboxylic acids is 1. The molecule has 2 aromatic carbocycles. The molecule has 0 saturated heterocycles. The van der Waals surface area contributed by atoms with Gasteiger partial charge in [-0.05, 0) is 31.0 Å². The normalized spacial score (nSPS) is 11.8. The largest absolute Gasteiger partial charge is 0.492 e. The van der Waals surface area contributed by atoms with Crippen molar-refractivity contribution in [3.63, 3.8) is 0 Å². The Kier molecular flexibility index (Phi) is 7.13. The zero-order valence-corrected chi connectivity index (χ0v) is 17.2. The summed E-state index contributed by atoms with van der Waals surface area (Å²) in [4.78, 5) is 25.3. The first-order valence-corrected chi connectivity index (χ1v) is 10.4. The maximum Gasteiger partial charge on any atom is 0.343 e. The summed E-state index contributed by atoms with van der Waals surface area (Å²) in [6.07, 6.45) is 0.789. The lowest BCUT2D eigenvalue weighted by molar-refractivity contribution is -0.115. The first kappa shape index (κ1) is 20.7. The van der Waals surface area contributed by atoms with Crippen molar-refractivity contribution < 1.29 is 9.53 Å². The fourth-order valence-corrected chi connectivity index (χ4v) is 3.94. The Balaban J connectivity index is 1.91. The van der Waals surface area contributed by atoms with Crippen LogP contribution in [0.15, 0.2) is 64.5 Å². The fraction of sp³-hybridized carbons (Fsp3) is 0.286. The lowest BCUT2D eigenvalue weighted by Crippen LogP contribution is -2.21. The molecule has 0 aliphatic rings. The Labute approximate surface area is 173 Å². The van der Waals surface area contributed by atoms with E-state index in [2.05, 4.69) is 15.5 Å². The van der Waals surface area contributed by atoms with Gasteiger partial charge in [0.15, 0.2) is 5.16 Å². The second-order valence-electron chi connectivity index (χ2n) is 6.29. The number of hydrogen-bond donors (Lipinski definition) is 2. The molecule has 3 rings (SSSR count). The van der Waals surface area contributed by atoms with E-state index in [4.69, 9.17) is 4.74 Å². The molecule has 0 radical (unpaired) electrons. The van der Waals surface area contributed by atoms with Gasteiger partial charge in [-0.3, -0.25) is 9.36 Å². The van der Waals surface area contributed by atoms with Crippen LogP contribution in [-0.2, 0) is 11.3 Å². The molecule has 1 amide bonds. The minimum Gasteiger partial charge on any atom is -0.492 e. The van der Waals surface area contributed by atoms with Crippen molar-refractivity contribution >= 4 is 23.4 Å². The van der Waals surface area contributed by atoms with Crippen LogP contribution in [0.3, 0.4) is 0 Å². The quantitative estimate of drug-likeness (QED) is 0.521. The third-order valence-corrected chi connectivity index (χ3v) is 5.42. The third kappa shape index (κ3) is 5.08.